The minimum absolute atomic E-state index is 0.0489. The van der Waals surface area contributed by atoms with Gasteiger partial charge in [0.1, 0.15) is 6.10 Å². The lowest BCUT2D eigenvalue weighted by Gasteiger charge is -2.21. The fourth-order valence-corrected chi connectivity index (χ4v) is 2.72. The van der Waals surface area contributed by atoms with Gasteiger partial charge in [0.25, 0.3) is 0 Å². The molecule has 1 N–H and O–H groups in total. The summed E-state index contributed by atoms with van der Waals surface area (Å²) in [6.45, 7) is 0. The molecule has 0 aromatic heterocycles. The van der Waals surface area contributed by atoms with E-state index in [1.807, 2.05) is 0 Å². The number of ether oxygens (including phenoxy) is 1. The highest BCUT2D eigenvalue weighted by molar-refractivity contribution is 5.96. The topological polar surface area (TPSA) is 55.4 Å². The van der Waals surface area contributed by atoms with E-state index in [1.54, 1.807) is 24.3 Å². The minimum Gasteiger partial charge on any atom is -0.459 e. The largest absolute Gasteiger partial charge is 0.459 e. The summed E-state index contributed by atoms with van der Waals surface area (Å²) in [5.74, 6) is -0.0833. The zero-order chi connectivity index (χ0) is 14.7. The number of esters is 1. The summed E-state index contributed by atoms with van der Waals surface area (Å²) in [6, 6.07) is 7.01. The highest BCUT2D eigenvalue weighted by Gasteiger charge is 2.29. The Hall–Kier alpha value is -1.84. The standard InChI is InChI=1S/C17H21NO3/c19-16(12-9-10-12)18-14-6-4-5-13(11-14)17(20)21-15-7-2-1-3-8-15/h4-6,11-12,15H,1-3,7-10H2,(H,18,19). The zero-order valence-electron chi connectivity index (χ0n) is 12.1. The van der Waals surface area contributed by atoms with Crippen molar-refractivity contribution in [2.75, 3.05) is 5.32 Å². The lowest BCUT2D eigenvalue weighted by atomic mass is 9.98. The van der Waals surface area contributed by atoms with Crippen LogP contribution in [0.3, 0.4) is 0 Å². The maximum Gasteiger partial charge on any atom is 0.338 e. The van der Waals surface area contributed by atoms with E-state index in [0.717, 1.165) is 38.5 Å². The second-order valence-electron chi connectivity index (χ2n) is 6.01. The van der Waals surface area contributed by atoms with Gasteiger partial charge in [-0.05, 0) is 56.7 Å². The van der Waals surface area contributed by atoms with Crippen molar-refractivity contribution in [2.45, 2.75) is 51.0 Å². The molecule has 112 valence electrons. The molecule has 0 unspecified atom stereocenters. The Morgan fingerprint density at radius 2 is 1.81 bits per heavy atom. The molecule has 0 radical (unpaired) electrons. The number of anilines is 1. The van der Waals surface area contributed by atoms with E-state index in [9.17, 15) is 9.59 Å². The maximum absolute atomic E-state index is 12.2. The number of rotatable bonds is 4. The summed E-state index contributed by atoms with van der Waals surface area (Å²) in [6.07, 6.45) is 7.41. The molecule has 0 spiro atoms. The Morgan fingerprint density at radius 3 is 2.52 bits per heavy atom. The van der Waals surface area contributed by atoms with Crippen LogP contribution in [0, 0.1) is 5.92 Å². The van der Waals surface area contributed by atoms with Crippen LogP contribution in [-0.2, 0) is 9.53 Å². The molecule has 0 bridgehead atoms. The minimum atomic E-state index is -0.288. The van der Waals surface area contributed by atoms with Gasteiger partial charge in [0.15, 0.2) is 0 Å². The van der Waals surface area contributed by atoms with Crippen molar-refractivity contribution in [1.82, 2.24) is 0 Å². The number of hydrogen-bond donors (Lipinski definition) is 1. The van der Waals surface area contributed by atoms with Crippen LogP contribution < -0.4 is 5.32 Å². The Balaban J connectivity index is 1.61. The van der Waals surface area contributed by atoms with E-state index in [2.05, 4.69) is 5.32 Å². The quantitative estimate of drug-likeness (QED) is 0.862. The molecular formula is C17H21NO3. The molecule has 0 aliphatic heterocycles. The predicted octanol–water partition coefficient (Wildman–Crippen LogP) is 3.52. The summed E-state index contributed by atoms with van der Waals surface area (Å²) >= 11 is 0. The molecule has 1 aromatic rings. The van der Waals surface area contributed by atoms with E-state index in [1.165, 1.54) is 6.42 Å². The molecule has 4 heteroatoms. The van der Waals surface area contributed by atoms with E-state index >= 15 is 0 Å². The zero-order valence-corrected chi connectivity index (χ0v) is 12.1. The monoisotopic (exact) mass is 287 g/mol. The summed E-state index contributed by atoms with van der Waals surface area (Å²) < 4.78 is 5.55. The number of carbonyl (C=O) groups is 2. The van der Waals surface area contributed by atoms with Gasteiger partial charge in [0.05, 0.1) is 5.56 Å². The van der Waals surface area contributed by atoms with Gasteiger partial charge < -0.3 is 10.1 Å². The fourth-order valence-electron chi connectivity index (χ4n) is 2.72. The van der Waals surface area contributed by atoms with Gasteiger partial charge >= 0.3 is 5.97 Å². The van der Waals surface area contributed by atoms with Crippen LogP contribution in [0.2, 0.25) is 0 Å². The number of nitrogens with one attached hydrogen (secondary N) is 1. The Bertz CT molecular complexity index is 531. The molecule has 0 atom stereocenters. The molecular weight excluding hydrogens is 266 g/mol. The van der Waals surface area contributed by atoms with Crippen molar-refractivity contribution in [3.8, 4) is 0 Å². The lowest BCUT2D eigenvalue weighted by Crippen LogP contribution is -2.21. The molecule has 0 saturated heterocycles. The smallest absolute Gasteiger partial charge is 0.338 e. The van der Waals surface area contributed by atoms with E-state index in [0.29, 0.717) is 11.3 Å². The van der Waals surface area contributed by atoms with Crippen molar-refractivity contribution < 1.29 is 14.3 Å². The third-order valence-corrected chi connectivity index (χ3v) is 4.14. The second kappa shape index (κ2) is 6.29. The summed E-state index contributed by atoms with van der Waals surface area (Å²) in [5.41, 5.74) is 1.18. The van der Waals surface area contributed by atoms with Crippen molar-refractivity contribution in [3.05, 3.63) is 29.8 Å². The van der Waals surface area contributed by atoms with Crippen LogP contribution >= 0.6 is 0 Å². The first-order chi connectivity index (χ1) is 10.2. The van der Waals surface area contributed by atoms with Crippen LogP contribution in [-0.4, -0.2) is 18.0 Å². The Kier molecular flexibility index (Phi) is 4.23. The van der Waals surface area contributed by atoms with Gasteiger partial charge in [-0.25, -0.2) is 4.79 Å². The fraction of sp³-hybridized carbons (Fsp3) is 0.529. The van der Waals surface area contributed by atoms with Crippen molar-refractivity contribution >= 4 is 17.6 Å². The maximum atomic E-state index is 12.2. The predicted molar refractivity (Wildman–Crippen MR) is 80.1 cm³/mol. The van der Waals surface area contributed by atoms with Crippen molar-refractivity contribution in [1.29, 1.82) is 0 Å². The van der Waals surface area contributed by atoms with Crippen molar-refractivity contribution in [3.63, 3.8) is 0 Å². The van der Waals surface area contributed by atoms with Crippen LogP contribution in [0.1, 0.15) is 55.3 Å². The Labute approximate surface area is 124 Å². The van der Waals surface area contributed by atoms with Gasteiger partial charge in [0, 0.05) is 11.6 Å². The molecule has 2 aliphatic carbocycles. The van der Waals surface area contributed by atoms with Gasteiger partial charge in [-0.2, -0.15) is 0 Å². The first-order valence-electron chi connectivity index (χ1n) is 7.84. The van der Waals surface area contributed by atoms with E-state index < -0.39 is 0 Å². The first-order valence-corrected chi connectivity index (χ1v) is 7.84. The SMILES string of the molecule is O=C(OC1CCCCC1)c1cccc(NC(=O)C2CC2)c1. The average molecular weight is 287 g/mol. The lowest BCUT2D eigenvalue weighted by molar-refractivity contribution is -0.117. The molecule has 4 nitrogen and oxygen atoms in total. The number of amides is 1. The summed E-state index contributed by atoms with van der Waals surface area (Å²) in [7, 11) is 0. The normalized spacial score (nSPS) is 19.0. The number of hydrogen-bond acceptors (Lipinski definition) is 3. The number of benzene rings is 1. The average Bonchev–Trinajstić information content (AvgIpc) is 3.33. The van der Waals surface area contributed by atoms with Crippen LogP contribution in [0.4, 0.5) is 5.69 Å². The highest BCUT2D eigenvalue weighted by Crippen LogP contribution is 2.30. The molecule has 1 aromatic carbocycles. The third kappa shape index (κ3) is 3.84. The van der Waals surface area contributed by atoms with Crippen LogP contribution in [0.15, 0.2) is 24.3 Å². The molecule has 2 aliphatic rings. The Morgan fingerprint density at radius 1 is 1.05 bits per heavy atom. The van der Waals surface area contributed by atoms with E-state index in [4.69, 9.17) is 4.74 Å². The summed E-state index contributed by atoms with van der Waals surface area (Å²) in [5, 5.41) is 2.86. The molecule has 3 rings (SSSR count). The van der Waals surface area contributed by atoms with Gasteiger partial charge in [-0.15, -0.1) is 0 Å². The first kappa shape index (κ1) is 14.1. The third-order valence-electron chi connectivity index (χ3n) is 4.14. The van der Waals surface area contributed by atoms with Crippen LogP contribution in [0.5, 0.6) is 0 Å². The van der Waals surface area contributed by atoms with Crippen molar-refractivity contribution in [2.24, 2.45) is 5.92 Å². The van der Waals surface area contributed by atoms with Gasteiger partial charge in [-0.3, -0.25) is 4.79 Å². The molecule has 21 heavy (non-hydrogen) atoms. The molecule has 0 heterocycles. The number of carbonyl (C=O) groups excluding carboxylic acids is 2. The second-order valence-corrected chi connectivity index (χ2v) is 6.01. The van der Waals surface area contributed by atoms with Gasteiger partial charge in [0.2, 0.25) is 5.91 Å². The molecule has 2 fully saturated rings. The summed E-state index contributed by atoms with van der Waals surface area (Å²) in [4.78, 5) is 23.9. The molecule has 1 amide bonds. The van der Waals surface area contributed by atoms with E-state index in [-0.39, 0.29) is 23.9 Å². The molecule has 2 saturated carbocycles. The van der Waals surface area contributed by atoms with Gasteiger partial charge in [-0.1, -0.05) is 12.5 Å². The van der Waals surface area contributed by atoms with Crippen LogP contribution in [0.25, 0.3) is 0 Å². The highest BCUT2D eigenvalue weighted by atomic mass is 16.5.